The van der Waals surface area contributed by atoms with E-state index in [1.807, 2.05) is 111 Å². The standard InChI is InChI=1S/C34H31N3O3/c1-24-18-20-31(40-3)30(22-24)37-33(35-29-17-11-10-16-28(29)34(37)39)25(2)36(23-27-14-8-5-9-15-27)32(38)21-19-26-12-6-4-7-13-26/h4-22,25H,23H2,1-3H3. The Kier molecular flexibility index (Phi) is 7.87. The molecule has 0 bridgehead atoms. The van der Waals surface area contributed by atoms with Gasteiger partial charge in [0, 0.05) is 12.6 Å². The first-order chi connectivity index (χ1) is 19.5. The Bertz CT molecular complexity index is 1730. The van der Waals surface area contributed by atoms with Crippen molar-refractivity contribution in [1.29, 1.82) is 0 Å². The predicted molar refractivity (Wildman–Crippen MR) is 160 cm³/mol. The zero-order chi connectivity index (χ0) is 28.1. The fourth-order valence-electron chi connectivity index (χ4n) is 4.79. The van der Waals surface area contributed by atoms with Gasteiger partial charge in [0.15, 0.2) is 0 Å². The zero-order valence-corrected chi connectivity index (χ0v) is 22.8. The van der Waals surface area contributed by atoms with E-state index in [0.29, 0.717) is 34.7 Å². The lowest BCUT2D eigenvalue weighted by Crippen LogP contribution is -2.36. The monoisotopic (exact) mass is 529 g/mol. The summed E-state index contributed by atoms with van der Waals surface area (Å²) in [5.41, 5.74) is 3.80. The van der Waals surface area contributed by atoms with Gasteiger partial charge in [0.1, 0.15) is 11.6 Å². The minimum absolute atomic E-state index is 0.189. The minimum Gasteiger partial charge on any atom is -0.495 e. The summed E-state index contributed by atoms with van der Waals surface area (Å²) >= 11 is 0. The molecule has 5 rings (SSSR count). The molecular weight excluding hydrogens is 498 g/mol. The zero-order valence-electron chi connectivity index (χ0n) is 22.8. The summed E-state index contributed by atoms with van der Waals surface area (Å²) < 4.78 is 7.26. The third-order valence-electron chi connectivity index (χ3n) is 6.91. The second kappa shape index (κ2) is 11.8. The predicted octanol–water partition coefficient (Wildman–Crippen LogP) is 6.51. The number of hydrogen-bond acceptors (Lipinski definition) is 4. The Labute approximate surface area is 233 Å². The van der Waals surface area contributed by atoms with Crippen LogP contribution in [0.25, 0.3) is 22.7 Å². The average molecular weight is 530 g/mol. The van der Waals surface area contributed by atoms with Gasteiger partial charge in [-0.15, -0.1) is 0 Å². The van der Waals surface area contributed by atoms with Gasteiger partial charge in [0.05, 0.1) is 29.7 Å². The van der Waals surface area contributed by atoms with Crippen molar-refractivity contribution in [2.75, 3.05) is 7.11 Å². The number of para-hydroxylation sites is 1. The van der Waals surface area contributed by atoms with Crippen molar-refractivity contribution in [3.63, 3.8) is 0 Å². The lowest BCUT2D eigenvalue weighted by molar-refractivity contribution is -0.128. The second-order valence-corrected chi connectivity index (χ2v) is 9.67. The van der Waals surface area contributed by atoms with Gasteiger partial charge in [0.25, 0.3) is 5.56 Å². The maximum absolute atomic E-state index is 14.0. The summed E-state index contributed by atoms with van der Waals surface area (Å²) in [5, 5.41) is 0.493. The van der Waals surface area contributed by atoms with Crippen molar-refractivity contribution in [3.05, 3.63) is 142 Å². The summed E-state index contributed by atoms with van der Waals surface area (Å²) in [5.74, 6) is 0.804. The first kappa shape index (κ1) is 26.6. The molecule has 200 valence electrons. The SMILES string of the molecule is COc1ccc(C)cc1-n1c(C(C)N(Cc2ccccc2)C(=O)C=Cc2ccccc2)nc2ccccc2c1=O. The number of amides is 1. The Balaban J connectivity index is 1.68. The van der Waals surface area contributed by atoms with E-state index in [-0.39, 0.29) is 11.5 Å². The molecule has 5 aromatic rings. The van der Waals surface area contributed by atoms with Crippen LogP contribution in [-0.2, 0) is 11.3 Å². The molecule has 0 radical (unpaired) electrons. The Morgan fingerprint density at radius 2 is 1.62 bits per heavy atom. The highest BCUT2D eigenvalue weighted by atomic mass is 16.5. The molecule has 1 atom stereocenters. The van der Waals surface area contributed by atoms with E-state index in [1.54, 1.807) is 34.8 Å². The van der Waals surface area contributed by atoms with E-state index in [9.17, 15) is 9.59 Å². The molecule has 6 heteroatoms. The average Bonchev–Trinajstić information content (AvgIpc) is 2.99. The number of carbonyl (C=O) groups is 1. The normalized spacial score (nSPS) is 12.0. The molecular formula is C34H31N3O3. The third-order valence-corrected chi connectivity index (χ3v) is 6.91. The van der Waals surface area contributed by atoms with Crippen molar-refractivity contribution in [2.45, 2.75) is 26.4 Å². The number of carbonyl (C=O) groups excluding carboxylic acids is 1. The Morgan fingerprint density at radius 1 is 0.950 bits per heavy atom. The molecule has 1 amide bonds. The Hall–Kier alpha value is -4.97. The molecule has 1 unspecified atom stereocenters. The molecule has 0 aliphatic rings. The molecule has 1 heterocycles. The van der Waals surface area contributed by atoms with Gasteiger partial charge < -0.3 is 9.64 Å². The first-order valence-corrected chi connectivity index (χ1v) is 13.2. The van der Waals surface area contributed by atoms with Gasteiger partial charge in [0.2, 0.25) is 5.91 Å². The van der Waals surface area contributed by atoms with Crippen molar-refractivity contribution < 1.29 is 9.53 Å². The number of aromatic nitrogens is 2. The maximum atomic E-state index is 14.0. The molecule has 4 aromatic carbocycles. The Morgan fingerprint density at radius 3 is 2.35 bits per heavy atom. The molecule has 0 saturated heterocycles. The molecule has 0 saturated carbocycles. The number of rotatable bonds is 8. The molecule has 0 spiro atoms. The molecule has 6 nitrogen and oxygen atoms in total. The van der Waals surface area contributed by atoms with Crippen LogP contribution in [0.2, 0.25) is 0 Å². The van der Waals surface area contributed by atoms with Crippen LogP contribution in [-0.4, -0.2) is 27.5 Å². The van der Waals surface area contributed by atoms with Gasteiger partial charge >= 0.3 is 0 Å². The van der Waals surface area contributed by atoms with Crippen LogP contribution in [0.3, 0.4) is 0 Å². The van der Waals surface area contributed by atoms with E-state index < -0.39 is 6.04 Å². The van der Waals surface area contributed by atoms with Crippen LogP contribution in [0.1, 0.15) is 35.5 Å². The molecule has 40 heavy (non-hydrogen) atoms. The highest BCUT2D eigenvalue weighted by Crippen LogP contribution is 2.29. The van der Waals surface area contributed by atoms with Crippen LogP contribution >= 0.6 is 0 Å². The molecule has 0 aliphatic carbocycles. The summed E-state index contributed by atoms with van der Waals surface area (Å²) in [6.07, 6.45) is 3.38. The van der Waals surface area contributed by atoms with Gasteiger partial charge in [-0.05, 0) is 60.9 Å². The largest absolute Gasteiger partial charge is 0.495 e. The number of nitrogens with zero attached hydrogens (tertiary/aromatic N) is 3. The summed E-state index contributed by atoms with van der Waals surface area (Å²) in [4.78, 5) is 34.6. The number of methoxy groups -OCH3 is 1. The summed E-state index contributed by atoms with van der Waals surface area (Å²) in [6.45, 7) is 4.21. The van der Waals surface area contributed by atoms with Crippen molar-refractivity contribution in [1.82, 2.24) is 14.5 Å². The van der Waals surface area contributed by atoms with Gasteiger partial charge in [-0.1, -0.05) is 78.9 Å². The number of aryl methyl sites for hydroxylation is 1. The van der Waals surface area contributed by atoms with E-state index in [1.165, 1.54) is 0 Å². The lowest BCUT2D eigenvalue weighted by atomic mass is 10.1. The van der Waals surface area contributed by atoms with E-state index in [0.717, 1.165) is 16.7 Å². The topological polar surface area (TPSA) is 64.4 Å². The van der Waals surface area contributed by atoms with Gasteiger partial charge in [-0.25, -0.2) is 4.98 Å². The number of hydrogen-bond donors (Lipinski definition) is 0. The molecule has 0 fully saturated rings. The van der Waals surface area contributed by atoms with Crippen molar-refractivity contribution >= 4 is 22.9 Å². The smallest absolute Gasteiger partial charge is 0.266 e. The number of fused-ring (bicyclic) bond motifs is 1. The minimum atomic E-state index is -0.560. The van der Waals surface area contributed by atoms with Crippen LogP contribution in [0.4, 0.5) is 0 Å². The quantitative estimate of drug-likeness (QED) is 0.215. The van der Waals surface area contributed by atoms with Crippen LogP contribution < -0.4 is 10.3 Å². The summed E-state index contributed by atoms with van der Waals surface area (Å²) in [6, 6.07) is 31.9. The van der Waals surface area contributed by atoms with Crippen molar-refractivity contribution in [3.8, 4) is 11.4 Å². The van der Waals surface area contributed by atoms with E-state index in [4.69, 9.17) is 9.72 Å². The fraction of sp³-hybridized carbons (Fsp3) is 0.147. The van der Waals surface area contributed by atoms with E-state index in [2.05, 4.69) is 0 Å². The molecule has 0 aliphatic heterocycles. The van der Waals surface area contributed by atoms with Gasteiger partial charge in [-0.3, -0.25) is 14.2 Å². The fourth-order valence-corrected chi connectivity index (χ4v) is 4.79. The second-order valence-electron chi connectivity index (χ2n) is 9.67. The number of ether oxygens (including phenoxy) is 1. The van der Waals surface area contributed by atoms with Crippen LogP contribution in [0.5, 0.6) is 5.75 Å². The van der Waals surface area contributed by atoms with Gasteiger partial charge in [-0.2, -0.15) is 0 Å². The lowest BCUT2D eigenvalue weighted by Gasteiger charge is -2.30. The third kappa shape index (κ3) is 5.57. The highest BCUT2D eigenvalue weighted by molar-refractivity contribution is 5.92. The maximum Gasteiger partial charge on any atom is 0.266 e. The summed E-state index contributed by atoms with van der Waals surface area (Å²) in [7, 11) is 1.58. The molecule has 0 N–H and O–H groups in total. The first-order valence-electron chi connectivity index (χ1n) is 13.2. The molecule has 1 aromatic heterocycles. The van der Waals surface area contributed by atoms with E-state index >= 15 is 0 Å². The van der Waals surface area contributed by atoms with Crippen LogP contribution in [0, 0.1) is 6.92 Å². The highest BCUT2D eigenvalue weighted by Gasteiger charge is 2.27. The van der Waals surface area contributed by atoms with Crippen LogP contribution in [0.15, 0.2) is 114 Å². The van der Waals surface area contributed by atoms with Crippen molar-refractivity contribution in [2.24, 2.45) is 0 Å². The number of benzene rings is 4.